The van der Waals surface area contributed by atoms with Crippen molar-refractivity contribution in [2.45, 2.75) is 51.4 Å². The topological polar surface area (TPSA) is 0 Å². The summed E-state index contributed by atoms with van der Waals surface area (Å²) in [5.41, 5.74) is 0. The Hall–Kier alpha value is -0.460. The second kappa shape index (κ2) is 16.5. The summed E-state index contributed by atoms with van der Waals surface area (Å²) in [5.74, 6) is 0. The Kier molecular flexibility index (Phi) is 18.3. The van der Waals surface area contributed by atoms with Gasteiger partial charge in [-0.1, -0.05) is 48.6 Å². The fraction of sp³-hybridized carbons (Fsp3) is 0.500. The summed E-state index contributed by atoms with van der Waals surface area (Å²) in [6.07, 6.45) is 28.0. The van der Waals surface area contributed by atoms with Crippen LogP contribution in [0.4, 0.5) is 0 Å². The molecule has 0 nitrogen and oxygen atoms in total. The van der Waals surface area contributed by atoms with Crippen molar-refractivity contribution >= 4 is 24.8 Å². The molecule has 0 spiro atoms. The Labute approximate surface area is 125 Å². The van der Waals surface area contributed by atoms with E-state index in [1.54, 1.807) is 0 Å². The van der Waals surface area contributed by atoms with Gasteiger partial charge in [0.25, 0.3) is 0 Å². The Morgan fingerprint density at radius 1 is 0.278 bits per heavy atom. The highest BCUT2D eigenvalue weighted by Crippen LogP contribution is 2.03. The molecule has 0 unspecified atom stereocenters. The third kappa shape index (κ3) is 13.6. The van der Waals surface area contributed by atoms with Gasteiger partial charge < -0.3 is 0 Å². The molecule has 0 atom stereocenters. The molecule has 0 bridgehead atoms. The standard InChI is InChI=1S/2C8H12.2ClH/c2*1-2-4-6-8-7-5-3-1;;/h2*1-2,7-8H,3-6H2;2*1H/b2*2-1-,8-7?;;. The molecule has 0 aromatic carbocycles. The van der Waals surface area contributed by atoms with Crippen molar-refractivity contribution in [3.63, 3.8) is 0 Å². The molecule has 104 valence electrons. The predicted molar refractivity (Wildman–Crippen MR) is 88.0 cm³/mol. The number of hydrogen-bond donors (Lipinski definition) is 0. The molecule has 0 radical (unpaired) electrons. The van der Waals surface area contributed by atoms with Crippen LogP contribution in [0.2, 0.25) is 0 Å². The smallest absolute Gasteiger partial charge is 0.0316 e. The second-order valence-electron chi connectivity index (χ2n) is 4.20. The van der Waals surface area contributed by atoms with E-state index in [0.29, 0.717) is 0 Å². The summed E-state index contributed by atoms with van der Waals surface area (Å²) < 4.78 is 0. The summed E-state index contributed by atoms with van der Waals surface area (Å²) in [6, 6.07) is 0. The van der Waals surface area contributed by atoms with Gasteiger partial charge in [0, 0.05) is 0 Å². The van der Waals surface area contributed by atoms with E-state index in [1.807, 2.05) is 0 Å². The van der Waals surface area contributed by atoms with Crippen LogP contribution in [0.1, 0.15) is 51.4 Å². The zero-order chi connectivity index (χ0) is 11.3. The van der Waals surface area contributed by atoms with Gasteiger partial charge in [-0.15, -0.1) is 24.8 Å². The molecule has 0 aromatic rings. The fourth-order valence-corrected chi connectivity index (χ4v) is 1.71. The van der Waals surface area contributed by atoms with Crippen LogP contribution in [0.15, 0.2) is 48.6 Å². The molecule has 2 aliphatic rings. The van der Waals surface area contributed by atoms with E-state index < -0.39 is 0 Å². The van der Waals surface area contributed by atoms with Crippen LogP contribution in [0, 0.1) is 0 Å². The first kappa shape index (κ1) is 19.9. The van der Waals surface area contributed by atoms with Crippen LogP contribution in [0.25, 0.3) is 0 Å². The lowest BCUT2D eigenvalue weighted by atomic mass is 10.1. The molecule has 2 aliphatic carbocycles. The first-order chi connectivity index (χ1) is 8.00. The average Bonchev–Trinajstić information content (AvgIpc) is 2.15. The zero-order valence-corrected chi connectivity index (χ0v) is 12.7. The Morgan fingerprint density at radius 3 is 0.500 bits per heavy atom. The summed E-state index contributed by atoms with van der Waals surface area (Å²) in [5, 5.41) is 0. The molecule has 0 heterocycles. The van der Waals surface area contributed by atoms with Crippen LogP contribution in [-0.2, 0) is 0 Å². The number of rotatable bonds is 0. The molecule has 0 N–H and O–H groups in total. The molecule has 0 amide bonds. The molecule has 0 aliphatic heterocycles. The second-order valence-corrected chi connectivity index (χ2v) is 4.20. The molecular formula is C16H26Cl2. The van der Waals surface area contributed by atoms with Crippen molar-refractivity contribution in [3.05, 3.63) is 48.6 Å². The SMILES string of the molecule is C1=CCC/C=C\CC1.C1=CCC/C=C\CC1.Cl.Cl. The Bertz CT molecular complexity index is 182. The first-order valence-electron chi connectivity index (χ1n) is 6.60. The Balaban J connectivity index is 0. The van der Waals surface area contributed by atoms with Crippen LogP contribution in [0.5, 0.6) is 0 Å². The monoisotopic (exact) mass is 288 g/mol. The van der Waals surface area contributed by atoms with Crippen molar-refractivity contribution in [1.82, 2.24) is 0 Å². The third-order valence-electron chi connectivity index (χ3n) is 2.67. The summed E-state index contributed by atoms with van der Waals surface area (Å²) in [4.78, 5) is 0. The van der Waals surface area contributed by atoms with Gasteiger partial charge in [-0.3, -0.25) is 0 Å². The molecule has 2 rings (SSSR count). The summed E-state index contributed by atoms with van der Waals surface area (Å²) in [6.45, 7) is 0. The lowest BCUT2D eigenvalue weighted by Gasteiger charge is -1.92. The largest absolute Gasteiger partial charge is 0.147 e. The number of halogens is 2. The van der Waals surface area contributed by atoms with Crippen LogP contribution < -0.4 is 0 Å². The van der Waals surface area contributed by atoms with Crippen molar-refractivity contribution in [3.8, 4) is 0 Å². The highest BCUT2D eigenvalue weighted by Gasteiger charge is 1.82. The minimum atomic E-state index is 0. The van der Waals surface area contributed by atoms with Crippen LogP contribution >= 0.6 is 24.8 Å². The first-order valence-corrected chi connectivity index (χ1v) is 6.60. The van der Waals surface area contributed by atoms with E-state index >= 15 is 0 Å². The Morgan fingerprint density at radius 2 is 0.389 bits per heavy atom. The molecule has 18 heavy (non-hydrogen) atoms. The summed E-state index contributed by atoms with van der Waals surface area (Å²) in [7, 11) is 0. The predicted octanol–water partition coefficient (Wildman–Crippen LogP) is 6.19. The van der Waals surface area contributed by atoms with E-state index in [4.69, 9.17) is 0 Å². The minimum absolute atomic E-state index is 0. The van der Waals surface area contributed by atoms with Gasteiger partial charge in [0.1, 0.15) is 0 Å². The van der Waals surface area contributed by atoms with E-state index in [2.05, 4.69) is 48.6 Å². The number of allylic oxidation sites excluding steroid dienone is 8. The molecule has 0 aromatic heterocycles. The highest BCUT2D eigenvalue weighted by molar-refractivity contribution is 5.85. The van der Waals surface area contributed by atoms with Gasteiger partial charge in [0.2, 0.25) is 0 Å². The maximum absolute atomic E-state index is 2.27. The molecule has 0 fully saturated rings. The van der Waals surface area contributed by atoms with E-state index in [1.165, 1.54) is 51.4 Å². The molecule has 0 saturated carbocycles. The van der Waals surface area contributed by atoms with E-state index in [9.17, 15) is 0 Å². The van der Waals surface area contributed by atoms with Gasteiger partial charge in [0.05, 0.1) is 0 Å². The lowest BCUT2D eigenvalue weighted by molar-refractivity contribution is 0.962. The highest BCUT2D eigenvalue weighted by atomic mass is 35.5. The maximum Gasteiger partial charge on any atom is -0.0316 e. The number of hydrogen-bond acceptors (Lipinski definition) is 0. The van der Waals surface area contributed by atoms with Crippen LogP contribution in [-0.4, -0.2) is 0 Å². The molecule has 2 heteroatoms. The van der Waals surface area contributed by atoms with E-state index in [-0.39, 0.29) is 24.8 Å². The van der Waals surface area contributed by atoms with Crippen molar-refractivity contribution in [2.24, 2.45) is 0 Å². The zero-order valence-electron chi connectivity index (χ0n) is 11.1. The van der Waals surface area contributed by atoms with E-state index in [0.717, 1.165) is 0 Å². The minimum Gasteiger partial charge on any atom is -0.147 e. The molecule has 0 saturated heterocycles. The fourth-order valence-electron chi connectivity index (χ4n) is 1.71. The van der Waals surface area contributed by atoms with Gasteiger partial charge >= 0.3 is 0 Å². The van der Waals surface area contributed by atoms with Gasteiger partial charge in [-0.05, 0) is 51.4 Å². The summed E-state index contributed by atoms with van der Waals surface area (Å²) >= 11 is 0. The quantitative estimate of drug-likeness (QED) is 0.466. The van der Waals surface area contributed by atoms with Crippen LogP contribution in [0.3, 0.4) is 0 Å². The normalized spacial score (nSPS) is 21.3. The van der Waals surface area contributed by atoms with Gasteiger partial charge in [0.15, 0.2) is 0 Å². The third-order valence-corrected chi connectivity index (χ3v) is 2.67. The van der Waals surface area contributed by atoms with Crippen molar-refractivity contribution in [1.29, 1.82) is 0 Å². The van der Waals surface area contributed by atoms with Crippen molar-refractivity contribution < 1.29 is 0 Å². The van der Waals surface area contributed by atoms with Crippen molar-refractivity contribution in [2.75, 3.05) is 0 Å². The maximum atomic E-state index is 2.27. The average molecular weight is 289 g/mol. The lowest BCUT2D eigenvalue weighted by Crippen LogP contribution is -1.71. The van der Waals surface area contributed by atoms with Gasteiger partial charge in [-0.25, -0.2) is 0 Å². The van der Waals surface area contributed by atoms with Gasteiger partial charge in [-0.2, -0.15) is 0 Å². The molecular weight excluding hydrogens is 263 g/mol.